The van der Waals surface area contributed by atoms with Crippen molar-refractivity contribution >= 4 is 0 Å². The first-order valence-corrected chi connectivity index (χ1v) is 4.38. The highest BCUT2D eigenvalue weighted by Gasteiger charge is 2.39. The maximum atomic E-state index is 10.1. The Kier molecular flexibility index (Phi) is 2.32. The van der Waals surface area contributed by atoms with Crippen molar-refractivity contribution in [2.45, 2.75) is 44.8 Å². The molecule has 0 aromatic rings. The lowest BCUT2D eigenvalue weighted by Crippen LogP contribution is -2.46. The third-order valence-corrected chi connectivity index (χ3v) is 2.52. The minimum Gasteiger partial charge on any atom is -0.385 e. The van der Waals surface area contributed by atoms with E-state index in [1.807, 2.05) is 20.8 Å². The third kappa shape index (κ3) is 1.87. The van der Waals surface area contributed by atoms with E-state index in [-0.39, 0.29) is 5.60 Å². The largest absolute Gasteiger partial charge is 0.385 e. The average molecular weight is 170 g/mol. The molecule has 1 N–H and O–H groups in total. The van der Waals surface area contributed by atoms with Crippen molar-refractivity contribution in [3.63, 3.8) is 0 Å². The van der Waals surface area contributed by atoms with Crippen LogP contribution < -0.4 is 0 Å². The van der Waals surface area contributed by atoms with Gasteiger partial charge in [0.05, 0.1) is 17.8 Å². The molecule has 2 nitrogen and oxygen atoms in total. The maximum Gasteiger partial charge on any atom is 0.0900 e. The summed E-state index contributed by atoms with van der Waals surface area (Å²) in [6, 6.07) is 0. The Hall–Kier alpha value is -0.340. The molecule has 0 spiro atoms. The average Bonchev–Trinajstić information content (AvgIpc) is 1.83. The second-order valence-corrected chi connectivity index (χ2v) is 4.35. The third-order valence-electron chi connectivity index (χ3n) is 2.52. The quantitative estimate of drug-likeness (QED) is 0.609. The Balaban J connectivity index is 2.74. The first kappa shape index (κ1) is 9.75. The molecule has 0 radical (unpaired) electrons. The molecule has 1 aliphatic heterocycles. The predicted molar refractivity (Wildman–Crippen MR) is 49.0 cm³/mol. The van der Waals surface area contributed by atoms with Crippen molar-refractivity contribution < 1.29 is 9.84 Å². The van der Waals surface area contributed by atoms with E-state index in [2.05, 4.69) is 6.58 Å². The molecule has 0 bridgehead atoms. The number of aliphatic hydroxyl groups is 1. The molecule has 70 valence electrons. The van der Waals surface area contributed by atoms with Crippen molar-refractivity contribution in [2.75, 3.05) is 6.61 Å². The highest BCUT2D eigenvalue weighted by Crippen LogP contribution is 2.35. The Morgan fingerprint density at radius 3 is 2.42 bits per heavy atom. The summed E-state index contributed by atoms with van der Waals surface area (Å²) < 4.78 is 5.51. The molecule has 0 amide bonds. The molecule has 0 aliphatic carbocycles. The van der Waals surface area contributed by atoms with Crippen LogP contribution in [0.25, 0.3) is 0 Å². The van der Waals surface area contributed by atoms with Crippen molar-refractivity contribution in [3.05, 3.63) is 12.2 Å². The summed E-state index contributed by atoms with van der Waals surface area (Å²) in [6.45, 7) is 10.3. The van der Waals surface area contributed by atoms with E-state index in [0.717, 1.165) is 5.57 Å². The van der Waals surface area contributed by atoms with Gasteiger partial charge in [-0.2, -0.15) is 0 Å². The summed E-state index contributed by atoms with van der Waals surface area (Å²) in [5, 5.41) is 10.1. The van der Waals surface area contributed by atoms with Crippen LogP contribution in [-0.4, -0.2) is 22.9 Å². The van der Waals surface area contributed by atoms with Gasteiger partial charge in [0.2, 0.25) is 0 Å². The molecule has 1 unspecified atom stereocenters. The predicted octanol–water partition coefficient (Wildman–Crippen LogP) is 1.88. The molecule has 1 aliphatic rings. The van der Waals surface area contributed by atoms with E-state index in [9.17, 15) is 5.11 Å². The monoisotopic (exact) mass is 170 g/mol. The number of hydrogen-bond acceptors (Lipinski definition) is 2. The zero-order valence-corrected chi connectivity index (χ0v) is 8.18. The first-order chi connectivity index (χ1) is 5.36. The van der Waals surface area contributed by atoms with Gasteiger partial charge in [-0.3, -0.25) is 0 Å². The van der Waals surface area contributed by atoms with Crippen LogP contribution >= 0.6 is 0 Å². The smallest absolute Gasteiger partial charge is 0.0900 e. The second-order valence-electron chi connectivity index (χ2n) is 4.35. The van der Waals surface area contributed by atoms with Crippen LogP contribution in [0.5, 0.6) is 0 Å². The SMILES string of the molecule is C=C(C)C1(O)CCOC(C)(C)C1. The lowest BCUT2D eigenvalue weighted by atomic mass is 9.80. The van der Waals surface area contributed by atoms with Gasteiger partial charge >= 0.3 is 0 Å². The molecule has 0 saturated carbocycles. The Labute approximate surface area is 74.2 Å². The fourth-order valence-corrected chi connectivity index (χ4v) is 1.70. The van der Waals surface area contributed by atoms with Gasteiger partial charge < -0.3 is 9.84 Å². The topological polar surface area (TPSA) is 29.5 Å². The summed E-state index contributed by atoms with van der Waals surface area (Å²) in [6.07, 6.45) is 1.32. The van der Waals surface area contributed by atoms with Crippen molar-refractivity contribution in [1.82, 2.24) is 0 Å². The number of hydrogen-bond donors (Lipinski definition) is 1. The van der Waals surface area contributed by atoms with Gasteiger partial charge in [-0.1, -0.05) is 6.58 Å². The van der Waals surface area contributed by atoms with E-state index in [4.69, 9.17) is 4.74 Å². The van der Waals surface area contributed by atoms with Crippen LogP contribution in [0, 0.1) is 0 Å². The zero-order chi connectivity index (χ0) is 9.41. The van der Waals surface area contributed by atoms with E-state index in [0.29, 0.717) is 19.4 Å². The van der Waals surface area contributed by atoms with Gasteiger partial charge in [0.1, 0.15) is 0 Å². The molecule has 1 heterocycles. The van der Waals surface area contributed by atoms with Crippen molar-refractivity contribution in [1.29, 1.82) is 0 Å². The van der Waals surface area contributed by atoms with E-state index < -0.39 is 5.60 Å². The van der Waals surface area contributed by atoms with Gasteiger partial charge in [0.15, 0.2) is 0 Å². The fraction of sp³-hybridized carbons (Fsp3) is 0.800. The normalized spacial score (nSPS) is 34.7. The molecular formula is C10H18O2. The Morgan fingerprint density at radius 2 is 2.08 bits per heavy atom. The van der Waals surface area contributed by atoms with E-state index >= 15 is 0 Å². The van der Waals surface area contributed by atoms with E-state index in [1.165, 1.54) is 0 Å². The molecule has 1 rings (SSSR count). The van der Waals surface area contributed by atoms with Crippen molar-refractivity contribution in [2.24, 2.45) is 0 Å². The maximum absolute atomic E-state index is 10.1. The molecule has 0 aromatic carbocycles. The summed E-state index contributed by atoms with van der Waals surface area (Å²) in [4.78, 5) is 0. The van der Waals surface area contributed by atoms with Gasteiger partial charge in [-0.25, -0.2) is 0 Å². The summed E-state index contributed by atoms with van der Waals surface area (Å²) in [5.41, 5.74) is -0.0767. The summed E-state index contributed by atoms with van der Waals surface area (Å²) in [7, 11) is 0. The zero-order valence-electron chi connectivity index (χ0n) is 8.18. The van der Waals surface area contributed by atoms with Gasteiger partial charge in [-0.05, 0) is 26.3 Å². The van der Waals surface area contributed by atoms with Crippen LogP contribution in [-0.2, 0) is 4.74 Å². The summed E-state index contributed by atoms with van der Waals surface area (Å²) >= 11 is 0. The lowest BCUT2D eigenvalue weighted by Gasteiger charge is -2.41. The molecule has 0 aromatic heterocycles. The van der Waals surface area contributed by atoms with Crippen LogP contribution in [0.3, 0.4) is 0 Å². The van der Waals surface area contributed by atoms with Gasteiger partial charge in [-0.15, -0.1) is 0 Å². The van der Waals surface area contributed by atoms with E-state index in [1.54, 1.807) is 0 Å². The van der Waals surface area contributed by atoms with Gasteiger partial charge in [0, 0.05) is 12.8 Å². The lowest BCUT2D eigenvalue weighted by molar-refractivity contribution is -0.128. The minimum atomic E-state index is -0.707. The molecule has 1 saturated heterocycles. The Bertz CT molecular complexity index is 196. The molecular weight excluding hydrogens is 152 g/mol. The molecule has 12 heavy (non-hydrogen) atoms. The van der Waals surface area contributed by atoms with Gasteiger partial charge in [0.25, 0.3) is 0 Å². The molecule has 1 atom stereocenters. The number of rotatable bonds is 1. The Morgan fingerprint density at radius 1 is 1.50 bits per heavy atom. The first-order valence-electron chi connectivity index (χ1n) is 4.38. The fourth-order valence-electron chi connectivity index (χ4n) is 1.70. The number of ether oxygens (including phenoxy) is 1. The van der Waals surface area contributed by atoms with Crippen molar-refractivity contribution in [3.8, 4) is 0 Å². The highest BCUT2D eigenvalue weighted by molar-refractivity contribution is 5.12. The van der Waals surface area contributed by atoms with Crippen LogP contribution in [0.4, 0.5) is 0 Å². The second kappa shape index (κ2) is 2.86. The van der Waals surface area contributed by atoms with Crippen LogP contribution in [0.15, 0.2) is 12.2 Å². The highest BCUT2D eigenvalue weighted by atomic mass is 16.5. The summed E-state index contributed by atoms with van der Waals surface area (Å²) in [5.74, 6) is 0. The van der Waals surface area contributed by atoms with Crippen LogP contribution in [0.2, 0.25) is 0 Å². The molecule has 2 heteroatoms. The van der Waals surface area contributed by atoms with Crippen LogP contribution in [0.1, 0.15) is 33.6 Å². The minimum absolute atomic E-state index is 0.216. The standard InChI is InChI=1S/C10H18O2/c1-8(2)10(11)5-6-12-9(3,4)7-10/h11H,1,5-7H2,2-4H3. The molecule has 1 fully saturated rings.